The first-order valence-corrected chi connectivity index (χ1v) is 24.9. The number of rotatable bonds is 15. The number of ketones is 2. The molecule has 0 bridgehead atoms. The number of aromatic nitrogens is 5. The molecule has 0 atom stereocenters. The van der Waals surface area contributed by atoms with E-state index in [2.05, 4.69) is 46.0 Å². The SMILES string of the molecule is C#Cc1cncc(OC)c1.COc1cncc(-c2cn(-c3cc(CC(=O)c4cc(CN5CCCC5)cc(C(F)(F)F)c4)ccc3C)nn2)c1.Cc1ccc(CC(=O)c2cc(CN3CCCC3)cc(C(F)(F)F)c2)cc1N=[N+]=[N-]. The minimum Gasteiger partial charge on any atom is -0.495 e. The molecule has 78 heavy (non-hydrogen) atoms. The summed E-state index contributed by atoms with van der Waals surface area (Å²) in [6.07, 6.45) is 8.33. The van der Waals surface area contributed by atoms with Crippen LogP contribution in [0.1, 0.15) is 96.5 Å². The fourth-order valence-electron chi connectivity index (χ4n) is 8.92. The Morgan fingerprint density at radius 1 is 0.667 bits per heavy atom. The van der Waals surface area contributed by atoms with E-state index in [1.807, 2.05) is 19.1 Å². The zero-order valence-corrected chi connectivity index (χ0v) is 43.4. The summed E-state index contributed by atoms with van der Waals surface area (Å²) in [5.41, 5.74) is 14.2. The van der Waals surface area contributed by atoms with E-state index in [1.54, 1.807) is 105 Å². The van der Waals surface area contributed by atoms with Gasteiger partial charge in [0.1, 0.15) is 17.2 Å². The maximum Gasteiger partial charge on any atom is 0.416 e. The van der Waals surface area contributed by atoms with Crippen LogP contribution in [0.15, 0.2) is 121 Å². The second-order valence-electron chi connectivity index (χ2n) is 18.8. The van der Waals surface area contributed by atoms with Gasteiger partial charge in [-0.3, -0.25) is 29.4 Å². The van der Waals surface area contributed by atoms with Gasteiger partial charge < -0.3 is 9.47 Å². The fourth-order valence-corrected chi connectivity index (χ4v) is 8.92. The molecular weight excluding hydrogens is 1010 g/mol. The summed E-state index contributed by atoms with van der Waals surface area (Å²) < 4.78 is 92.8. The summed E-state index contributed by atoms with van der Waals surface area (Å²) in [6, 6.07) is 21.4. The molecule has 2 aliphatic heterocycles. The molecule has 2 fully saturated rings. The zero-order valence-electron chi connectivity index (χ0n) is 43.4. The summed E-state index contributed by atoms with van der Waals surface area (Å²) in [6.45, 7) is 7.89. The molecule has 20 heteroatoms. The number of alkyl halides is 6. The van der Waals surface area contributed by atoms with Crippen LogP contribution in [-0.2, 0) is 38.3 Å². The standard InChI is InChI=1S/C29H28F3N5O2.C21H21F3N4O.C8H7NO/c1-19-5-6-20(11-27(19)37-18-26(34-35-37)23-14-25(39-2)16-33-15-23)12-28(38)22-9-21(17-36-7-3-4-8-36)10-24(13-22)29(30,31)32;1-14-4-5-15(10-19(14)26-27-25)11-20(29)17-8-16(13-28-6-2-3-7-28)9-18(12-17)21(22,23)24;1-3-7-4-8(10-2)6-9-5-7/h5-6,9-11,13-16,18H,3-4,7-8,12,17H2,1-2H3;4-5,8-10,12H,2-3,6-7,11,13H2,1H3;1,4-6H,2H3. The van der Waals surface area contributed by atoms with Gasteiger partial charge in [0.25, 0.3) is 0 Å². The van der Waals surface area contributed by atoms with Crippen LogP contribution in [0.4, 0.5) is 32.0 Å². The molecule has 0 N–H and O–H groups in total. The Balaban J connectivity index is 0.000000198. The van der Waals surface area contributed by atoms with Crippen LogP contribution in [0.25, 0.3) is 27.4 Å². The van der Waals surface area contributed by atoms with Gasteiger partial charge in [-0.1, -0.05) is 40.5 Å². The average Bonchev–Trinajstić information content (AvgIpc) is 4.26. The van der Waals surface area contributed by atoms with Crippen molar-refractivity contribution in [2.45, 2.75) is 77.8 Å². The number of azide groups is 1. The van der Waals surface area contributed by atoms with E-state index >= 15 is 0 Å². The number of hydrogen-bond donors (Lipinski definition) is 0. The first-order valence-electron chi connectivity index (χ1n) is 24.9. The van der Waals surface area contributed by atoms with Crippen molar-refractivity contribution >= 4 is 17.3 Å². The fraction of sp³-hybridized carbons (Fsp3) is 0.310. The molecule has 5 heterocycles. The van der Waals surface area contributed by atoms with Gasteiger partial charge in [-0.05, 0) is 165 Å². The Bertz CT molecular complexity index is 3330. The van der Waals surface area contributed by atoms with Crippen molar-refractivity contribution in [3.8, 4) is 40.8 Å². The third kappa shape index (κ3) is 15.9. The predicted octanol–water partition coefficient (Wildman–Crippen LogP) is 12.7. The lowest BCUT2D eigenvalue weighted by atomic mass is 9.97. The van der Waals surface area contributed by atoms with Crippen molar-refractivity contribution in [1.29, 1.82) is 0 Å². The molecule has 0 spiro atoms. The first-order chi connectivity index (χ1) is 37.3. The summed E-state index contributed by atoms with van der Waals surface area (Å²) >= 11 is 0. The van der Waals surface area contributed by atoms with Crippen molar-refractivity contribution in [3.05, 3.63) is 188 Å². The van der Waals surface area contributed by atoms with E-state index in [0.717, 1.165) is 98.4 Å². The number of carbonyl (C=O) groups is 2. The minimum absolute atomic E-state index is 0.0416. The first kappa shape index (κ1) is 57.3. The molecule has 9 rings (SSSR count). The largest absolute Gasteiger partial charge is 0.495 e. The molecule has 2 aliphatic rings. The van der Waals surface area contributed by atoms with Crippen LogP contribution >= 0.6 is 0 Å². The highest BCUT2D eigenvalue weighted by atomic mass is 19.4. The molecule has 404 valence electrons. The second kappa shape index (κ2) is 26.1. The van der Waals surface area contributed by atoms with Crippen molar-refractivity contribution in [1.82, 2.24) is 34.8 Å². The van der Waals surface area contributed by atoms with Gasteiger partial charge in [-0.15, -0.1) is 11.5 Å². The van der Waals surface area contributed by atoms with Crippen LogP contribution in [0.2, 0.25) is 0 Å². The lowest BCUT2D eigenvalue weighted by Crippen LogP contribution is -2.19. The van der Waals surface area contributed by atoms with Crippen molar-refractivity contribution < 1.29 is 45.4 Å². The molecule has 0 radical (unpaired) electrons. The summed E-state index contributed by atoms with van der Waals surface area (Å²) in [5.74, 6) is 2.96. The van der Waals surface area contributed by atoms with Gasteiger partial charge in [0.05, 0.1) is 49.6 Å². The number of ether oxygens (including phenoxy) is 2. The summed E-state index contributed by atoms with van der Waals surface area (Å²) in [7, 11) is 3.14. The predicted molar refractivity (Wildman–Crippen MR) is 283 cm³/mol. The lowest BCUT2D eigenvalue weighted by Gasteiger charge is -2.17. The van der Waals surface area contributed by atoms with Crippen LogP contribution in [0.5, 0.6) is 11.5 Å². The molecule has 7 aromatic rings. The van der Waals surface area contributed by atoms with Crippen LogP contribution in [0.3, 0.4) is 0 Å². The van der Waals surface area contributed by atoms with Gasteiger partial charge in [-0.2, -0.15) is 26.3 Å². The van der Waals surface area contributed by atoms with Crippen molar-refractivity contribution in [2.75, 3.05) is 40.4 Å². The van der Waals surface area contributed by atoms with Gasteiger partial charge >= 0.3 is 12.4 Å². The monoisotopic (exact) mass is 1070 g/mol. The van der Waals surface area contributed by atoms with Crippen LogP contribution < -0.4 is 9.47 Å². The number of likely N-dealkylation sites (tertiary alicyclic amines) is 2. The zero-order chi connectivity index (χ0) is 56.0. The quantitative estimate of drug-likeness (QED) is 0.0241. The molecule has 14 nitrogen and oxygen atoms in total. The Morgan fingerprint density at radius 2 is 1.18 bits per heavy atom. The molecular formula is C58H56F6N10O4. The number of terminal acetylenes is 1. The van der Waals surface area contributed by atoms with E-state index in [4.69, 9.17) is 21.4 Å². The maximum absolute atomic E-state index is 13.7. The third-order valence-electron chi connectivity index (χ3n) is 13.0. The summed E-state index contributed by atoms with van der Waals surface area (Å²) in [5, 5.41) is 12.1. The van der Waals surface area contributed by atoms with Gasteiger partial charge in [0.2, 0.25) is 0 Å². The normalized spacial score (nSPS) is 13.6. The number of methoxy groups -OCH3 is 2. The highest BCUT2D eigenvalue weighted by molar-refractivity contribution is 5.98. The maximum atomic E-state index is 13.7. The number of aryl methyl sites for hydroxylation is 2. The van der Waals surface area contributed by atoms with E-state index in [0.29, 0.717) is 63.9 Å². The Morgan fingerprint density at radius 3 is 1.69 bits per heavy atom. The highest BCUT2D eigenvalue weighted by Crippen LogP contribution is 2.34. The molecule has 0 aliphatic carbocycles. The Labute approximate surface area is 447 Å². The second-order valence-corrected chi connectivity index (χ2v) is 18.8. The van der Waals surface area contributed by atoms with E-state index < -0.39 is 29.3 Å². The summed E-state index contributed by atoms with van der Waals surface area (Å²) in [4.78, 5) is 41.0. The average molecular weight is 1070 g/mol. The van der Waals surface area contributed by atoms with E-state index in [9.17, 15) is 35.9 Å². The van der Waals surface area contributed by atoms with Crippen LogP contribution in [0, 0.1) is 26.2 Å². The number of hydrogen-bond acceptors (Lipinski definition) is 11. The molecule has 4 aromatic carbocycles. The highest BCUT2D eigenvalue weighted by Gasteiger charge is 2.33. The number of halogens is 6. The number of carbonyl (C=O) groups excluding carboxylic acids is 2. The number of pyridine rings is 2. The van der Waals surface area contributed by atoms with E-state index in [-0.39, 0.29) is 29.8 Å². The molecule has 3 aromatic heterocycles. The molecule has 0 saturated carbocycles. The van der Waals surface area contributed by atoms with E-state index in [1.165, 1.54) is 0 Å². The topological polar surface area (TPSA) is 164 Å². The Kier molecular flexibility index (Phi) is 19.2. The van der Waals surface area contributed by atoms with Crippen LogP contribution in [-0.4, -0.2) is 86.7 Å². The molecule has 2 saturated heterocycles. The third-order valence-corrected chi connectivity index (χ3v) is 13.0. The number of benzene rings is 4. The van der Waals surface area contributed by atoms with Gasteiger partial charge in [-0.25, -0.2) is 4.68 Å². The lowest BCUT2D eigenvalue weighted by molar-refractivity contribution is -0.138. The number of nitrogens with zero attached hydrogens (tertiary/aromatic N) is 10. The van der Waals surface area contributed by atoms with Crippen molar-refractivity contribution in [2.24, 2.45) is 5.11 Å². The molecule has 0 amide bonds. The minimum atomic E-state index is -4.53. The smallest absolute Gasteiger partial charge is 0.416 e. The Hall–Kier alpha value is -8.37. The van der Waals surface area contributed by atoms with Crippen molar-refractivity contribution in [3.63, 3.8) is 0 Å². The number of Topliss-reactive ketones (excluding diaryl/α,β-unsaturated/α-hetero) is 2. The van der Waals surface area contributed by atoms with Gasteiger partial charge in [0, 0.05) is 71.2 Å². The van der Waals surface area contributed by atoms with Gasteiger partial charge in [0.15, 0.2) is 11.6 Å². The molecule has 0 unspecified atom stereocenters.